The molecule has 5 heterocycles. The van der Waals surface area contributed by atoms with Gasteiger partial charge in [-0.2, -0.15) is 0 Å². The monoisotopic (exact) mass is 762 g/mol. The number of phenols is 1. The predicted octanol–water partition coefficient (Wildman–Crippen LogP) is 9.02. The average molecular weight is 762 g/mol. The number of aromatic nitrogens is 4. The van der Waals surface area contributed by atoms with Crippen molar-refractivity contribution in [3.8, 4) is 51.0 Å². The summed E-state index contributed by atoms with van der Waals surface area (Å²) in [4.78, 5) is 18.3. The number of rotatable bonds is 4. The number of phenolic OH excluding ortho intramolecular Hbond substituents is 1. The third kappa shape index (κ3) is 6.27. The Morgan fingerprint density at radius 1 is 0.556 bits per heavy atom. The van der Waals surface area contributed by atoms with E-state index in [9.17, 15) is 5.11 Å². The van der Waals surface area contributed by atoms with Crippen LogP contribution in [0.25, 0.3) is 67.2 Å². The van der Waals surface area contributed by atoms with Gasteiger partial charge in [0.1, 0.15) is 17.0 Å². The van der Waals surface area contributed by atoms with Crippen LogP contribution in [-0.4, -0.2) is 25.0 Å². The van der Waals surface area contributed by atoms with Crippen molar-refractivity contribution in [2.45, 2.75) is 0 Å². The number of furan rings is 1. The zero-order valence-electron chi connectivity index (χ0n) is 23.8. The van der Waals surface area contributed by atoms with E-state index in [1.54, 1.807) is 24.5 Å². The second-order valence-corrected chi connectivity index (χ2v) is 9.96. The molecule has 6 nitrogen and oxygen atoms in total. The average Bonchev–Trinajstić information content (AvgIpc) is 3.48. The Bertz CT molecular complexity index is 2190. The molecule has 7 heteroatoms. The number of pyridine rings is 4. The Hall–Kier alpha value is -5.49. The molecule has 0 spiro atoms. The van der Waals surface area contributed by atoms with E-state index in [1.807, 2.05) is 115 Å². The molecule has 0 amide bonds. The summed E-state index contributed by atoms with van der Waals surface area (Å²) in [5, 5.41) is 12.0. The molecule has 0 aliphatic rings. The molecule has 8 rings (SSSR count). The summed E-state index contributed by atoms with van der Waals surface area (Å²) >= 11 is 0. The standard InChI is InChI=1S/C21H13N3O.C17H12NO.Ir/c1-2-10-19-14(7-1)15-13-18(16-8-3-5-11-22-16)24-20(21(15)25-19)17-9-4-6-12-23-17;19-17-12-5-4-9-14(17)16-11-6-10-15(18-16)13-7-2-1-3-8-13;/h1-13H;1-7,9-12,19H;/q;-1;. The Morgan fingerprint density at radius 3 is 2.00 bits per heavy atom. The maximum atomic E-state index is 9.88. The molecule has 0 saturated heterocycles. The van der Waals surface area contributed by atoms with Gasteiger partial charge in [-0.3, -0.25) is 15.0 Å². The summed E-state index contributed by atoms with van der Waals surface area (Å²) in [6.45, 7) is 0. The summed E-state index contributed by atoms with van der Waals surface area (Å²) in [6, 6.07) is 45.5. The van der Waals surface area contributed by atoms with Crippen LogP contribution in [0.1, 0.15) is 0 Å². The van der Waals surface area contributed by atoms with E-state index >= 15 is 0 Å². The van der Waals surface area contributed by atoms with E-state index in [-0.39, 0.29) is 25.9 Å². The first-order valence-corrected chi connectivity index (χ1v) is 14.1. The van der Waals surface area contributed by atoms with E-state index in [2.05, 4.69) is 27.1 Å². The molecule has 0 atom stereocenters. The van der Waals surface area contributed by atoms with Crippen LogP contribution in [0.4, 0.5) is 0 Å². The molecule has 0 aliphatic heterocycles. The second-order valence-electron chi connectivity index (χ2n) is 9.96. The van der Waals surface area contributed by atoms with Gasteiger partial charge >= 0.3 is 0 Å². The van der Waals surface area contributed by atoms with Crippen molar-refractivity contribution >= 4 is 21.9 Å². The van der Waals surface area contributed by atoms with Gasteiger partial charge in [0.25, 0.3) is 0 Å². The third-order valence-corrected chi connectivity index (χ3v) is 7.11. The summed E-state index contributed by atoms with van der Waals surface area (Å²) in [5.74, 6) is 0.240. The maximum Gasteiger partial charge on any atom is 0.163 e. The van der Waals surface area contributed by atoms with Crippen LogP contribution in [0, 0.1) is 6.07 Å². The molecule has 0 aliphatic carbocycles. The molecule has 0 unspecified atom stereocenters. The number of hydrogen-bond acceptors (Lipinski definition) is 6. The predicted molar refractivity (Wildman–Crippen MR) is 174 cm³/mol. The van der Waals surface area contributed by atoms with Gasteiger partial charge in [-0.25, -0.2) is 4.98 Å². The smallest absolute Gasteiger partial charge is 0.163 e. The second kappa shape index (κ2) is 13.4. The van der Waals surface area contributed by atoms with Gasteiger partial charge in [-0.15, -0.1) is 35.9 Å². The Balaban J connectivity index is 0.000000161. The molecule has 0 fully saturated rings. The fourth-order valence-electron chi connectivity index (χ4n) is 5.02. The molecule has 3 aromatic carbocycles. The summed E-state index contributed by atoms with van der Waals surface area (Å²) in [5.41, 5.74) is 8.02. The normalized spacial score (nSPS) is 10.6. The summed E-state index contributed by atoms with van der Waals surface area (Å²) in [6.07, 6.45) is 3.54. The van der Waals surface area contributed by atoms with Crippen molar-refractivity contribution in [1.82, 2.24) is 19.9 Å². The SMILES string of the molecule is Oc1ccccc1-c1cccc(-c2[c-]cccc2)n1.[Ir].c1ccc(-c2cc3c(oc4ccccc43)c(-c3ccccn3)n2)nc1. The molecule has 45 heavy (non-hydrogen) atoms. The van der Waals surface area contributed by atoms with Gasteiger partial charge in [-0.1, -0.05) is 54.6 Å². The van der Waals surface area contributed by atoms with Gasteiger partial charge in [-0.05, 0) is 60.3 Å². The molecule has 1 radical (unpaired) electrons. The number of benzene rings is 3. The van der Waals surface area contributed by atoms with E-state index in [0.717, 1.165) is 67.2 Å². The number of nitrogens with zero attached hydrogens (tertiary/aromatic N) is 4. The van der Waals surface area contributed by atoms with Crippen LogP contribution in [0.5, 0.6) is 5.75 Å². The maximum absolute atomic E-state index is 9.88. The van der Waals surface area contributed by atoms with Crippen LogP contribution in [0.3, 0.4) is 0 Å². The van der Waals surface area contributed by atoms with E-state index in [4.69, 9.17) is 9.40 Å². The van der Waals surface area contributed by atoms with Gasteiger partial charge in [0, 0.05) is 48.8 Å². The molecule has 8 aromatic rings. The summed E-state index contributed by atoms with van der Waals surface area (Å²) in [7, 11) is 0. The molecular formula is C38H25IrN4O2-. The number of para-hydroxylation sites is 2. The Morgan fingerprint density at radius 2 is 1.24 bits per heavy atom. The van der Waals surface area contributed by atoms with Crippen molar-refractivity contribution in [3.05, 3.63) is 152 Å². The van der Waals surface area contributed by atoms with E-state index in [1.165, 1.54) is 0 Å². The van der Waals surface area contributed by atoms with Gasteiger partial charge < -0.3 is 9.52 Å². The first-order valence-electron chi connectivity index (χ1n) is 14.1. The van der Waals surface area contributed by atoms with Crippen LogP contribution in [-0.2, 0) is 20.1 Å². The molecule has 0 saturated carbocycles. The molecule has 0 bridgehead atoms. The zero-order chi connectivity index (χ0) is 29.7. The van der Waals surface area contributed by atoms with Crippen LogP contribution >= 0.6 is 0 Å². The first kappa shape index (κ1) is 29.6. The van der Waals surface area contributed by atoms with E-state index < -0.39 is 0 Å². The van der Waals surface area contributed by atoms with Gasteiger partial charge in [0.05, 0.1) is 22.8 Å². The number of fused-ring (bicyclic) bond motifs is 3. The van der Waals surface area contributed by atoms with Crippen LogP contribution in [0.2, 0.25) is 0 Å². The largest absolute Gasteiger partial charge is 0.507 e. The number of hydrogen-bond donors (Lipinski definition) is 1. The quantitative estimate of drug-likeness (QED) is 0.180. The van der Waals surface area contributed by atoms with Crippen molar-refractivity contribution < 1.29 is 29.6 Å². The summed E-state index contributed by atoms with van der Waals surface area (Å²) < 4.78 is 6.11. The van der Waals surface area contributed by atoms with Crippen molar-refractivity contribution in [2.75, 3.05) is 0 Å². The fourth-order valence-corrected chi connectivity index (χ4v) is 5.02. The Kier molecular flexibility index (Phi) is 8.83. The minimum Gasteiger partial charge on any atom is -0.507 e. The van der Waals surface area contributed by atoms with E-state index in [0.29, 0.717) is 0 Å². The van der Waals surface area contributed by atoms with Crippen molar-refractivity contribution in [2.24, 2.45) is 0 Å². The zero-order valence-corrected chi connectivity index (χ0v) is 26.2. The van der Waals surface area contributed by atoms with Gasteiger partial charge in [0.15, 0.2) is 5.58 Å². The van der Waals surface area contributed by atoms with Crippen molar-refractivity contribution in [1.29, 1.82) is 0 Å². The minimum atomic E-state index is 0. The fraction of sp³-hybridized carbons (Fsp3) is 0. The van der Waals surface area contributed by atoms with Crippen LogP contribution in [0.15, 0.2) is 150 Å². The number of aromatic hydroxyl groups is 1. The molecule has 1 N–H and O–H groups in total. The minimum absolute atomic E-state index is 0. The van der Waals surface area contributed by atoms with Crippen molar-refractivity contribution in [3.63, 3.8) is 0 Å². The molecule has 219 valence electrons. The Labute approximate surface area is 273 Å². The first-order chi connectivity index (χ1) is 21.7. The van der Waals surface area contributed by atoms with Crippen LogP contribution < -0.4 is 0 Å². The molecular weight excluding hydrogens is 737 g/mol. The third-order valence-electron chi connectivity index (χ3n) is 7.11. The topological polar surface area (TPSA) is 84.9 Å². The van der Waals surface area contributed by atoms with Gasteiger partial charge in [0.2, 0.25) is 0 Å². The molecule has 5 aromatic heterocycles.